The van der Waals surface area contributed by atoms with E-state index in [1.807, 2.05) is 0 Å². The first-order valence-electron chi connectivity index (χ1n) is 5.86. The van der Waals surface area contributed by atoms with Crippen LogP contribution in [0.3, 0.4) is 0 Å². The predicted octanol–water partition coefficient (Wildman–Crippen LogP) is 2.18. The van der Waals surface area contributed by atoms with Gasteiger partial charge in [-0.05, 0) is 36.6 Å². The van der Waals surface area contributed by atoms with Crippen LogP contribution in [0.15, 0.2) is 11.7 Å². The Kier molecular flexibility index (Phi) is 2.72. The highest BCUT2D eigenvalue weighted by Gasteiger charge is 2.29. The summed E-state index contributed by atoms with van der Waals surface area (Å²) in [5.74, 6) is 1.33. The minimum absolute atomic E-state index is 0.249. The van der Waals surface area contributed by atoms with Crippen molar-refractivity contribution in [2.45, 2.75) is 25.9 Å². The van der Waals surface area contributed by atoms with Gasteiger partial charge in [-0.15, -0.1) is 11.3 Å². The predicted molar refractivity (Wildman–Crippen MR) is 69.4 cm³/mol. The van der Waals surface area contributed by atoms with Crippen molar-refractivity contribution in [1.29, 1.82) is 0 Å². The molecule has 1 fully saturated rings. The molecule has 2 heterocycles. The number of aromatic nitrogens is 2. The molecule has 1 atom stereocenters. The Hall–Kier alpha value is -1.20. The maximum Gasteiger partial charge on any atom is 0.147 e. The molecule has 0 bridgehead atoms. The van der Waals surface area contributed by atoms with Crippen molar-refractivity contribution >= 4 is 27.4 Å². The SMILES string of the molecule is Cc1csc2c(NCC(O)C3CC3)ncnc12. The maximum atomic E-state index is 9.83. The van der Waals surface area contributed by atoms with Gasteiger partial charge in [0, 0.05) is 6.54 Å². The zero-order valence-corrected chi connectivity index (χ0v) is 10.5. The molecular formula is C12H15N3OS. The number of aliphatic hydroxyl groups is 1. The van der Waals surface area contributed by atoms with E-state index in [1.54, 1.807) is 17.7 Å². The summed E-state index contributed by atoms with van der Waals surface area (Å²) in [5, 5.41) is 15.1. The van der Waals surface area contributed by atoms with Gasteiger partial charge in [-0.1, -0.05) is 0 Å². The first-order valence-corrected chi connectivity index (χ1v) is 6.74. The highest BCUT2D eigenvalue weighted by molar-refractivity contribution is 7.18. The van der Waals surface area contributed by atoms with Gasteiger partial charge in [-0.3, -0.25) is 0 Å². The van der Waals surface area contributed by atoms with Crippen LogP contribution >= 0.6 is 11.3 Å². The van der Waals surface area contributed by atoms with Gasteiger partial charge >= 0.3 is 0 Å². The Labute approximate surface area is 104 Å². The summed E-state index contributed by atoms with van der Waals surface area (Å²) in [6.07, 6.45) is 3.63. The van der Waals surface area contributed by atoms with Gasteiger partial charge in [0.05, 0.1) is 16.3 Å². The normalized spacial score (nSPS) is 17.3. The van der Waals surface area contributed by atoms with Crippen molar-refractivity contribution in [1.82, 2.24) is 9.97 Å². The number of nitrogens with one attached hydrogen (secondary N) is 1. The molecule has 3 rings (SSSR count). The van der Waals surface area contributed by atoms with Gasteiger partial charge in [0.2, 0.25) is 0 Å². The Morgan fingerprint density at radius 3 is 3.12 bits per heavy atom. The van der Waals surface area contributed by atoms with Crippen LogP contribution in [0.4, 0.5) is 5.82 Å². The second-order valence-corrected chi connectivity index (χ2v) is 5.48. The number of rotatable bonds is 4. The van der Waals surface area contributed by atoms with Crippen molar-refractivity contribution in [2.75, 3.05) is 11.9 Å². The van der Waals surface area contributed by atoms with Crippen molar-refractivity contribution in [3.8, 4) is 0 Å². The van der Waals surface area contributed by atoms with E-state index in [2.05, 4.69) is 27.6 Å². The van der Waals surface area contributed by atoms with Crippen LogP contribution in [0.1, 0.15) is 18.4 Å². The summed E-state index contributed by atoms with van der Waals surface area (Å²) in [5.41, 5.74) is 2.19. The molecule has 0 aliphatic heterocycles. The third-order valence-corrected chi connectivity index (χ3v) is 4.27. The van der Waals surface area contributed by atoms with Crippen molar-refractivity contribution < 1.29 is 5.11 Å². The third kappa shape index (κ3) is 2.12. The van der Waals surface area contributed by atoms with Crippen LogP contribution in [-0.4, -0.2) is 27.7 Å². The van der Waals surface area contributed by atoms with Crippen LogP contribution in [0, 0.1) is 12.8 Å². The lowest BCUT2D eigenvalue weighted by atomic mass is 10.2. The maximum absolute atomic E-state index is 9.83. The molecule has 1 aliphatic carbocycles. The fourth-order valence-electron chi connectivity index (χ4n) is 1.94. The smallest absolute Gasteiger partial charge is 0.147 e. The Bertz CT molecular complexity index is 536. The van der Waals surface area contributed by atoms with Gasteiger partial charge in [0.1, 0.15) is 12.1 Å². The lowest BCUT2D eigenvalue weighted by Crippen LogP contribution is -2.21. The second kappa shape index (κ2) is 4.23. The second-order valence-electron chi connectivity index (χ2n) is 4.60. The number of fused-ring (bicyclic) bond motifs is 1. The van der Waals surface area contributed by atoms with E-state index < -0.39 is 0 Å². The average Bonchev–Trinajstić information content (AvgIpc) is 3.12. The first kappa shape index (κ1) is 10.9. The molecule has 17 heavy (non-hydrogen) atoms. The van der Waals surface area contributed by atoms with E-state index in [1.165, 1.54) is 5.56 Å². The molecule has 5 heteroatoms. The number of hydrogen-bond acceptors (Lipinski definition) is 5. The standard InChI is InChI=1S/C12H15N3OS/c1-7-5-17-11-10(7)14-6-15-12(11)13-4-9(16)8-2-3-8/h5-6,8-9,16H,2-4H2,1H3,(H,13,14,15). The van der Waals surface area contributed by atoms with E-state index >= 15 is 0 Å². The first-order chi connectivity index (χ1) is 8.25. The van der Waals surface area contributed by atoms with Gasteiger partial charge < -0.3 is 10.4 Å². The van der Waals surface area contributed by atoms with Gasteiger partial charge in [0.15, 0.2) is 0 Å². The van der Waals surface area contributed by atoms with Crippen LogP contribution in [0.2, 0.25) is 0 Å². The van der Waals surface area contributed by atoms with Crippen LogP contribution in [0.5, 0.6) is 0 Å². The molecule has 1 saturated carbocycles. The monoisotopic (exact) mass is 249 g/mol. The third-order valence-electron chi connectivity index (χ3n) is 3.18. The molecule has 2 aromatic rings. The highest BCUT2D eigenvalue weighted by Crippen LogP contribution is 2.33. The summed E-state index contributed by atoms with van der Waals surface area (Å²) in [6.45, 7) is 2.63. The fourth-order valence-corrected chi connectivity index (χ4v) is 2.91. The Morgan fingerprint density at radius 2 is 2.35 bits per heavy atom. The summed E-state index contributed by atoms with van der Waals surface area (Å²) in [7, 11) is 0. The molecule has 2 N–H and O–H groups in total. The lowest BCUT2D eigenvalue weighted by molar-refractivity contribution is 0.164. The quantitative estimate of drug-likeness (QED) is 0.872. The Morgan fingerprint density at radius 1 is 1.53 bits per heavy atom. The van der Waals surface area contributed by atoms with E-state index in [9.17, 15) is 5.11 Å². The number of aryl methyl sites for hydroxylation is 1. The molecule has 1 unspecified atom stereocenters. The topological polar surface area (TPSA) is 58.0 Å². The zero-order valence-electron chi connectivity index (χ0n) is 9.68. The minimum Gasteiger partial charge on any atom is -0.391 e. The summed E-state index contributed by atoms with van der Waals surface area (Å²) >= 11 is 1.65. The van der Waals surface area contributed by atoms with E-state index in [4.69, 9.17) is 0 Å². The van der Waals surface area contributed by atoms with E-state index in [0.29, 0.717) is 12.5 Å². The molecule has 2 aromatic heterocycles. The Balaban J connectivity index is 1.79. The van der Waals surface area contributed by atoms with Gasteiger partial charge in [-0.25, -0.2) is 9.97 Å². The number of thiophene rings is 1. The number of anilines is 1. The average molecular weight is 249 g/mol. The fraction of sp³-hybridized carbons (Fsp3) is 0.500. The molecule has 4 nitrogen and oxygen atoms in total. The van der Waals surface area contributed by atoms with Crippen molar-refractivity contribution in [3.63, 3.8) is 0 Å². The summed E-state index contributed by atoms with van der Waals surface area (Å²) < 4.78 is 1.08. The largest absolute Gasteiger partial charge is 0.391 e. The summed E-state index contributed by atoms with van der Waals surface area (Å²) in [6, 6.07) is 0. The zero-order chi connectivity index (χ0) is 11.8. The van der Waals surface area contributed by atoms with Gasteiger partial charge in [0.25, 0.3) is 0 Å². The van der Waals surface area contributed by atoms with Crippen molar-refractivity contribution in [2.24, 2.45) is 5.92 Å². The minimum atomic E-state index is -0.249. The van der Waals surface area contributed by atoms with Gasteiger partial charge in [-0.2, -0.15) is 0 Å². The molecule has 0 spiro atoms. The number of aliphatic hydroxyl groups excluding tert-OH is 1. The lowest BCUT2D eigenvalue weighted by Gasteiger charge is -2.11. The molecule has 0 saturated heterocycles. The van der Waals surface area contributed by atoms with E-state index in [-0.39, 0.29) is 6.10 Å². The molecule has 0 amide bonds. The van der Waals surface area contributed by atoms with Crippen molar-refractivity contribution in [3.05, 3.63) is 17.3 Å². The van der Waals surface area contributed by atoms with Crippen LogP contribution < -0.4 is 5.32 Å². The van der Waals surface area contributed by atoms with Crippen LogP contribution in [-0.2, 0) is 0 Å². The summed E-state index contributed by atoms with van der Waals surface area (Å²) in [4.78, 5) is 8.52. The molecular weight excluding hydrogens is 234 g/mol. The molecule has 0 aromatic carbocycles. The molecule has 90 valence electrons. The number of hydrogen-bond donors (Lipinski definition) is 2. The molecule has 0 radical (unpaired) electrons. The highest BCUT2D eigenvalue weighted by atomic mass is 32.1. The number of nitrogens with zero attached hydrogens (tertiary/aromatic N) is 2. The van der Waals surface area contributed by atoms with Crippen LogP contribution in [0.25, 0.3) is 10.2 Å². The molecule has 1 aliphatic rings. The van der Waals surface area contributed by atoms with E-state index in [0.717, 1.165) is 28.9 Å².